The van der Waals surface area contributed by atoms with Crippen LogP contribution in [0, 0.1) is 0 Å². The Kier molecular flexibility index (Phi) is 5.34. The van der Waals surface area contributed by atoms with Gasteiger partial charge in [-0.3, -0.25) is 14.7 Å². The highest BCUT2D eigenvalue weighted by molar-refractivity contribution is 9.10. The van der Waals surface area contributed by atoms with E-state index in [0.29, 0.717) is 0 Å². The largest absolute Gasteiger partial charge is 0.339 e. The first kappa shape index (κ1) is 14.5. The molecule has 0 saturated carbocycles. The van der Waals surface area contributed by atoms with E-state index in [9.17, 15) is 4.79 Å². The summed E-state index contributed by atoms with van der Waals surface area (Å²) in [5.74, 6) is 0.228. The van der Waals surface area contributed by atoms with Crippen molar-refractivity contribution in [3.63, 3.8) is 0 Å². The molecule has 0 spiro atoms. The quantitative estimate of drug-likeness (QED) is 0.793. The average molecular weight is 326 g/mol. The van der Waals surface area contributed by atoms with Crippen LogP contribution in [-0.2, 0) is 11.3 Å². The molecule has 1 unspecified atom stereocenters. The van der Waals surface area contributed by atoms with Gasteiger partial charge in [-0.2, -0.15) is 0 Å². The minimum absolute atomic E-state index is 0.0285. The van der Waals surface area contributed by atoms with Gasteiger partial charge in [0.1, 0.15) is 0 Å². The van der Waals surface area contributed by atoms with Crippen LogP contribution >= 0.6 is 15.9 Å². The van der Waals surface area contributed by atoms with Crippen molar-refractivity contribution in [2.24, 2.45) is 0 Å². The lowest BCUT2D eigenvalue weighted by Crippen LogP contribution is -2.50. The first-order chi connectivity index (χ1) is 9.20. The van der Waals surface area contributed by atoms with Gasteiger partial charge in [-0.25, -0.2) is 0 Å². The fourth-order valence-electron chi connectivity index (χ4n) is 2.25. The van der Waals surface area contributed by atoms with E-state index in [4.69, 9.17) is 0 Å². The van der Waals surface area contributed by atoms with Crippen LogP contribution in [0.15, 0.2) is 24.5 Å². The van der Waals surface area contributed by atoms with Gasteiger partial charge in [0.2, 0.25) is 5.91 Å². The third-order valence-corrected chi connectivity index (χ3v) is 4.51. The van der Waals surface area contributed by atoms with E-state index >= 15 is 0 Å². The van der Waals surface area contributed by atoms with Gasteiger partial charge in [-0.15, -0.1) is 0 Å². The van der Waals surface area contributed by atoms with Gasteiger partial charge in [-0.05, 0) is 24.1 Å². The van der Waals surface area contributed by atoms with Crippen molar-refractivity contribution in [3.05, 3.63) is 30.1 Å². The molecule has 0 aromatic carbocycles. The molecule has 1 atom stereocenters. The molecule has 0 N–H and O–H groups in total. The molecular weight excluding hydrogens is 306 g/mol. The number of hydrogen-bond acceptors (Lipinski definition) is 3. The maximum atomic E-state index is 12.0. The lowest BCUT2D eigenvalue weighted by atomic mass is 10.2. The number of piperazine rings is 1. The van der Waals surface area contributed by atoms with Gasteiger partial charge >= 0.3 is 0 Å². The Morgan fingerprint density at radius 3 is 2.53 bits per heavy atom. The molecule has 1 aromatic rings. The Morgan fingerprint density at radius 1 is 1.32 bits per heavy atom. The number of pyridine rings is 1. The van der Waals surface area contributed by atoms with Crippen molar-refractivity contribution in [2.75, 3.05) is 26.2 Å². The second kappa shape index (κ2) is 7.01. The van der Waals surface area contributed by atoms with Gasteiger partial charge in [0.15, 0.2) is 0 Å². The van der Waals surface area contributed by atoms with Crippen molar-refractivity contribution in [3.8, 4) is 0 Å². The van der Waals surface area contributed by atoms with Crippen LogP contribution in [0.1, 0.15) is 18.9 Å². The topological polar surface area (TPSA) is 36.4 Å². The van der Waals surface area contributed by atoms with E-state index in [1.807, 2.05) is 36.4 Å². The second-order valence-corrected chi connectivity index (χ2v) is 5.94. The Morgan fingerprint density at radius 2 is 1.95 bits per heavy atom. The molecule has 1 aromatic heterocycles. The maximum Gasteiger partial charge on any atom is 0.236 e. The maximum absolute atomic E-state index is 12.0. The van der Waals surface area contributed by atoms with Crippen LogP contribution in [0.2, 0.25) is 0 Å². The minimum Gasteiger partial charge on any atom is -0.339 e. The molecule has 1 amide bonds. The van der Waals surface area contributed by atoms with Gasteiger partial charge in [0, 0.05) is 45.1 Å². The molecule has 2 rings (SSSR count). The number of hydrogen-bond donors (Lipinski definition) is 0. The zero-order valence-electron chi connectivity index (χ0n) is 11.3. The van der Waals surface area contributed by atoms with Gasteiger partial charge < -0.3 is 4.90 Å². The van der Waals surface area contributed by atoms with Crippen LogP contribution in [-0.4, -0.2) is 51.7 Å². The summed E-state index contributed by atoms with van der Waals surface area (Å²) in [6.45, 7) is 6.50. The lowest BCUT2D eigenvalue weighted by Gasteiger charge is -2.35. The highest BCUT2D eigenvalue weighted by Gasteiger charge is 2.24. The number of alkyl halides is 1. The third-order valence-electron chi connectivity index (χ3n) is 3.47. The van der Waals surface area contributed by atoms with Crippen molar-refractivity contribution in [1.82, 2.24) is 14.8 Å². The van der Waals surface area contributed by atoms with Crippen LogP contribution in [0.4, 0.5) is 0 Å². The van der Waals surface area contributed by atoms with Crippen molar-refractivity contribution in [1.29, 1.82) is 0 Å². The molecule has 5 heteroatoms. The molecule has 0 aliphatic carbocycles. The number of carbonyl (C=O) groups is 1. The Bertz CT molecular complexity index is 404. The zero-order valence-corrected chi connectivity index (χ0v) is 12.8. The molecule has 0 bridgehead atoms. The summed E-state index contributed by atoms with van der Waals surface area (Å²) >= 11 is 3.43. The lowest BCUT2D eigenvalue weighted by molar-refractivity contribution is -0.132. The van der Waals surface area contributed by atoms with E-state index in [0.717, 1.165) is 39.1 Å². The molecule has 1 aliphatic heterocycles. The average Bonchev–Trinajstić information content (AvgIpc) is 2.47. The molecular formula is C14H20BrN3O. The van der Waals surface area contributed by atoms with Crippen LogP contribution in [0.25, 0.3) is 0 Å². The monoisotopic (exact) mass is 325 g/mol. The number of aromatic nitrogens is 1. The summed E-state index contributed by atoms with van der Waals surface area (Å²) in [6, 6.07) is 4.09. The summed E-state index contributed by atoms with van der Waals surface area (Å²) in [7, 11) is 0. The predicted octanol–water partition coefficient (Wildman–Crippen LogP) is 1.90. The Balaban J connectivity index is 1.81. The SMILES string of the molecule is CCC(Br)C(=O)N1CCN(Cc2ccncc2)CC1. The van der Waals surface area contributed by atoms with Gasteiger partial charge in [0.25, 0.3) is 0 Å². The van der Waals surface area contributed by atoms with E-state index in [2.05, 4.69) is 25.8 Å². The number of carbonyl (C=O) groups excluding carboxylic acids is 1. The standard InChI is InChI=1S/C14H20BrN3O/c1-2-13(15)14(19)18-9-7-17(8-10-18)11-12-3-5-16-6-4-12/h3-6,13H,2,7-11H2,1H3. The smallest absolute Gasteiger partial charge is 0.236 e. The van der Waals surface area contributed by atoms with Gasteiger partial charge in [-0.1, -0.05) is 22.9 Å². The van der Waals surface area contributed by atoms with E-state index in [1.165, 1.54) is 5.56 Å². The Labute approximate surface area is 122 Å². The molecule has 1 fully saturated rings. The first-order valence-corrected chi connectivity index (χ1v) is 7.66. The number of amides is 1. The van der Waals surface area contributed by atoms with Crippen LogP contribution < -0.4 is 0 Å². The molecule has 2 heterocycles. The van der Waals surface area contributed by atoms with Crippen molar-refractivity contribution >= 4 is 21.8 Å². The van der Waals surface area contributed by atoms with Crippen molar-refractivity contribution in [2.45, 2.75) is 24.7 Å². The number of nitrogens with zero attached hydrogens (tertiary/aromatic N) is 3. The van der Waals surface area contributed by atoms with E-state index < -0.39 is 0 Å². The second-order valence-electron chi connectivity index (χ2n) is 4.83. The molecule has 1 aliphatic rings. The van der Waals surface area contributed by atoms with E-state index in [1.54, 1.807) is 0 Å². The first-order valence-electron chi connectivity index (χ1n) is 6.75. The number of rotatable bonds is 4. The highest BCUT2D eigenvalue weighted by atomic mass is 79.9. The Hall–Kier alpha value is -0.940. The minimum atomic E-state index is -0.0285. The van der Waals surface area contributed by atoms with Crippen LogP contribution in [0.5, 0.6) is 0 Å². The normalized spacial score (nSPS) is 18.3. The molecule has 4 nitrogen and oxygen atoms in total. The van der Waals surface area contributed by atoms with Crippen LogP contribution in [0.3, 0.4) is 0 Å². The van der Waals surface area contributed by atoms with E-state index in [-0.39, 0.29) is 10.7 Å². The summed E-state index contributed by atoms with van der Waals surface area (Å²) < 4.78 is 0. The zero-order chi connectivity index (χ0) is 13.7. The summed E-state index contributed by atoms with van der Waals surface area (Å²) in [5.41, 5.74) is 1.28. The van der Waals surface area contributed by atoms with Gasteiger partial charge in [0.05, 0.1) is 4.83 Å². The van der Waals surface area contributed by atoms with Crippen molar-refractivity contribution < 1.29 is 4.79 Å². The fourth-order valence-corrected chi connectivity index (χ4v) is 2.54. The summed E-state index contributed by atoms with van der Waals surface area (Å²) in [6.07, 6.45) is 4.49. The third kappa shape index (κ3) is 4.01. The summed E-state index contributed by atoms with van der Waals surface area (Å²) in [5, 5.41) is 0. The molecule has 1 saturated heterocycles. The highest BCUT2D eigenvalue weighted by Crippen LogP contribution is 2.13. The fraction of sp³-hybridized carbons (Fsp3) is 0.571. The molecule has 104 valence electrons. The predicted molar refractivity (Wildman–Crippen MR) is 79.1 cm³/mol. The summed E-state index contributed by atoms with van der Waals surface area (Å²) in [4.78, 5) is 20.4. The number of halogens is 1. The molecule has 0 radical (unpaired) electrons. The molecule has 19 heavy (non-hydrogen) atoms.